The highest BCUT2D eigenvalue weighted by Gasteiger charge is 2.49. The maximum Gasteiger partial charge on any atom is 0.254 e. The fourth-order valence-corrected chi connectivity index (χ4v) is 13.7. The average molecular weight is 899 g/mol. The van der Waals surface area contributed by atoms with E-state index in [2.05, 4.69) is 223 Å². The van der Waals surface area contributed by atoms with Crippen molar-refractivity contribution in [3.63, 3.8) is 0 Å². The summed E-state index contributed by atoms with van der Waals surface area (Å²) in [5.74, 6) is 0. The van der Waals surface area contributed by atoms with E-state index < -0.39 is 0 Å². The van der Waals surface area contributed by atoms with E-state index >= 15 is 0 Å². The molecule has 7 aromatic rings. The van der Waals surface area contributed by atoms with Crippen molar-refractivity contribution in [3.8, 4) is 11.1 Å². The predicted molar refractivity (Wildman–Crippen MR) is 294 cm³/mol. The number of fused-ring (bicyclic) bond motifs is 8. The Bertz CT molecular complexity index is 3160. The van der Waals surface area contributed by atoms with Crippen molar-refractivity contribution < 1.29 is 0 Å². The molecule has 0 saturated carbocycles. The molecule has 6 aromatic carbocycles. The van der Waals surface area contributed by atoms with Gasteiger partial charge in [0, 0.05) is 33.0 Å². The Morgan fingerprint density at radius 2 is 1.01 bits per heavy atom. The van der Waals surface area contributed by atoms with Crippen LogP contribution in [0.4, 0.5) is 33.4 Å². The third-order valence-corrected chi connectivity index (χ3v) is 18.1. The average Bonchev–Trinajstić information content (AvgIpc) is 3.64. The van der Waals surface area contributed by atoms with E-state index in [0.717, 1.165) is 0 Å². The zero-order valence-corrected chi connectivity index (χ0v) is 43.9. The molecule has 0 amide bonds. The first-order chi connectivity index (χ1) is 31.4. The normalized spacial score (nSPS) is 18.5. The van der Waals surface area contributed by atoms with Crippen molar-refractivity contribution in [3.05, 3.63) is 148 Å². The number of thiophene rings is 1. The van der Waals surface area contributed by atoms with Gasteiger partial charge in [0.15, 0.2) is 0 Å². The van der Waals surface area contributed by atoms with Gasteiger partial charge in [-0.25, -0.2) is 0 Å². The second kappa shape index (κ2) is 14.5. The lowest BCUT2D eigenvalue weighted by molar-refractivity contribution is 0.332. The van der Waals surface area contributed by atoms with Crippen molar-refractivity contribution in [2.45, 2.75) is 162 Å². The molecule has 2 nitrogen and oxygen atoms in total. The molecule has 67 heavy (non-hydrogen) atoms. The Morgan fingerprint density at radius 1 is 0.493 bits per heavy atom. The molecule has 1 aromatic heterocycles. The van der Waals surface area contributed by atoms with Gasteiger partial charge in [-0.1, -0.05) is 152 Å². The van der Waals surface area contributed by atoms with Crippen LogP contribution in [0.1, 0.15) is 162 Å². The maximum absolute atomic E-state index is 2.71. The summed E-state index contributed by atoms with van der Waals surface area (Å²) < 4.78 is 1.40. The van der Waals surface area contributed by atoms with Crippen molar-refractivity contribution in [2.75, 3.05) is 9.80 Å². The van der Waals surface area contributed by atoms with Crippen LogP contribution in [0.25, 0.3) is 21.2 Å². The Labute approximate surface area is 406 Å². The van der Waals surface area contributed by atoms with E-state index in [0.29, 0.717) is 0 Å². The van der Waals surface area contributed by atoms with Gasteiger partial charge in [0.05, 0.1) is 10.7 Å². The highest BCUT2D eigenvalue weighted by atomic mass is 32.1. The predicted octanol–water partition coefficient (Wildman–Crippen LogP) is 16.3. The third-order valence-electron chi connectivity index (χ3n) is 17.0. The zero-order chi connectivity index (χ0) is 47.5. The molecule has 342 valence electrons. The molecule has 2 aliphatic heterocycles. The van der Waals surface area contributed by atoms with Gasteiger partial charge in [0.1, 0.15) is 0 Å². The molecule has 0 radical (unpaired) electrons. The summed E-state index contributed by atoms with van der Waals surface area (Å²) in [6.45, 7) is 36.3. The Hall–Kier alpha value is -5.06. The molecule has 0 saturated heterocycles. The molecule has 0 unspecified atom stereocenters. The summed E-state index contributed by atoms with van der Waals surface area (Å²) >= 11 is 2.02. The van der Waals surface area contributed by atoms with Crippen LogP contribution < -0.4 is 26.2 Å². The smallest absolute Gasteiger partial charge is 0.254 e. The third kappa shape index (κ3) is 6.84. The van der Waals surface area contributed by atoms with Gasteiger partial charge in [-0.2, -0.15) is 0 Å². The van der Waals surface area contributed by atoms with Crippen LogP contribution in [0, 0.1) is 6.92 Å². The molecular weight excluding hydrogens is 828 g/mol. The number of nitrogens with zero attached hydrogens (tertiary/aromatic N) is 2. The van der Waals surface area contributed by atoms with Gasteiger partial charge in [-0.3, -0.25) is 0 Å². The molecule has 3 heterocycles. The van der Waals surface area contributed by atoms with Crippen LogP contribution in [-0.4, -0.2) is 6.71 Å². The molecule has 4 heteroatoms. The van der Waals surface area contributed by atoms with Crippen molar-refractivity contribution in [2.24, 2.45) is 0 Å². The minimum absolute atomic E-state index is 0.00671. The zero-order valence-electron chi connectivity index (χ0n) is 43.1. The summed E-state index contributed by atoms with van der Waals surface area (Å²) in [5.41, 5.74) is 23.6. The van der Waals surface area contributed by atoms with E-state index in [1.807, 2.05) is 11.3 Å². The van der Waals surface area contributed by atoms with Crippen molar-refractivity contribution in [1.29, 1.82) is 0 Å². The first-order valence-electron chi connectivity index (χ1n) is 25.2. The van der Waals surface area contributed by atoms with Crippen molar-refractivity contribution in [1.82, 2.24) is 0 Å². The summed E-state index contributed by atoms with van der Waals surface area (Å²) in [5, 5.41) is 2.78. The molecule has 0 fully saturated rings. The second-order valence-corrected chi connectivity index (χ2v) is 26.7. The lowest BCUT2D eigenvalue weighted by Crippen LogP contribution is -2.61. The van der Waals surface area contributed by atoms with Crippen LogP contribution >= 0.6 is 11.3 Å². The number of rotatable bonds is 3. The van der Waals surface area contributed by atoms with E-state index in [1.54, 1.807) is 0 Å². The Kier molecular flexibility index (Phi) is 9.61. The Balaban J connectivity index is 1.30. The lowest BCUT2D eigenvalue weighted by Gasteiger charge is -2.47. The number of aryl methyl sites for hydroxylation is 1. The van der Waals surface area contributed by atoms with Gasteiger partial charge >= 0.3 is 0 Å². The van der Waals surface area contributed by atoms with Crippen LogP contribution in [0.5, 0.6) is 0 Å². The van der Waals surface area contributed by atoms with Gasteiger partial charge in [0.25, 0.3) is 6.71 Å². The summed E-state index contributed by atoms with van der Waals surface area (Å²) in [4.78, 5) is 5.37. The molecule has 2 aliphatic carbocycles. The van der Waals surface area contributed by atoms with E-state index in [4.69, 9.17) is 0 Å². The number of hydrogen-bond donors (Lipinski definition) is 0. The van der Waals surface area contributed by atoms with Crippen LogP contribution in [-0.2, 0) is 32.5 Å². The van der Waals surface area contributed by atoms with Gasteiger partial charge in [-0.15, -0.1) is 11.3 Å². The van der Waals surface area contributed by atoms with Crippen LogP contribution in [0.15, 0.2) is 109 Å². The topological polar surface area (TPSA) is 6.48 Å². The molecule has 0 N–H and O–H groups in total. The fraction of sp³-hybridized carbons (Fsp3) is 0.397. The molecule has 0 bridgehead atoms. The molecule has 0 atom stereocenters. The molecule has 0 spiro atoms. The number of anilines is 6. The SMILES string of the molecule is Cc1cc2c3c(c1)N(c1ccc(C(C)(C)C)cc1-c1ccccc1)c1sc4cc5c(cc4c1B3c1cc3c(cc1N2c1ccc(C(C)(C)C)cc1)C(C)(C)CCC3(C)C)C(C)(C)CCC5(C)C. The Morgan fingerprint density at radius 3 is 1.60 bits per heavy atom. The first kappa shape index (κ1) is 44.5. The standard InChI is InChI=1S/C63H71BN2S/c1-38-31-52-56-53(32-38)66(50-26-23-41(59(5,6)7)33-43(50)39-19-17-16-18-20-39)57-55(44-34-45-48(37-54(44)67-57)63(14,15)30-27-60(45,8)9)64(56)49-35-46-47(62(12,13)29-28-61(46,10)11)36-51(49)65(52)42-24-21-40(22-25-42)58(2,3)4/h16-26,31-37H,27-30H2,1-15H3. The molecular formula is C63H71BN2S. The monoisotopic (exact) mass is 899 g/mol. The largest absolute Gasteiger partial charge is 0.311 e. The minimum atomic E-state index is -0.00671. The van der Waals surface area contributed by atoms with E-state index in [-0.39, 0.29) is 39.2 Å². The summed E-state index contributed by atoms with van der Waals surface area (Å²) in [6, 6.07) is 43.7. The lowest BCUT2D eigenvalue weighted by atomic mass is 9.33. The van der Waals surface area contributed by atoms with Gasteiger partial charge in [0.2, 0.25) is 0 Å². The van der Waals surface area contributed by atoms with E-state index in [9.17, 15) is 0 Å². The van der Waals surface area contributed by atoms with Crippen LogP contribution in [0.3, 0.4) is 0 Å². The molecule has 11 rings (SSSR count). The number of hydrogen-bond acceptors (Lipinski definition) is 3. The highest BCUT2D eigenvalue weighted by Crippen LogP contribution is 2.55. The second-order valence-electron chi connectivity index (χ2n) is 25.7. The highest BCUT2D eigenvalue weighted by molar-refractivity contribution is 7.26. The van der Waals surface area contributed by atoms with Gasteiger partial charge < -0.3 is 9.80 Å². The maximum atomic E-state index is 2.71. The van der Waals surface area contributed by atoms with E-state index in [1.165, 1.54) is 136 Å². The van der Waals surface area contributed by atoms with Crippen LogP contribution in [0.2, 0.25) is 0 Å². The summed E-state index contributed by atoms with van der Waals surface area (Å²) in [6.07, 6.45) is 4.75. The number of benzene rings is 6. The summed E-state index contributed by atoms with van der Waals surface area (Å²) in [7, 11) is 0. The molecule has 4 aliphatic rings. The fourth-order valence-electron chi connectivity index (χ4n) is 12.4. The first-order valence-corrected chi connectivity index (χ1v) is 26.0. The van der Waals surface area contributed by atoms with Crippen molar-refractivity contribution >= 4 is 78.0 Å². The minimum Gasteiger partial charge on any atom is -0.311 e. The quantitative estimate of drug-likeness (QED) is 0.163. The van der Waals surface area contributed by atoms with Gasteiger partial charge in [-0.05, 0) is 186 Å².